The molecular weight excluding hydrogens is 316 g/mol. The highest BCUT2D eigenvalue weighted by Crippen LogP contribution is 2.18. The molecule has 0 atom stereocenters. The molecule has 0 fully saturated rings. The number of hydrogen-bond donors (Lipinski definition) is 2. The topological polar surface area (TPSA) is 69.6 Å². The molecule has 1 heterocycles. The van der Waals surface area contributed by atoms with E-state index in [1.54, 1.807) is 0 Å². The van der Waals surface area contributed by atoms with Crippen LogP contribution >= 0.6 is 0 Å². The molecule has 2 amide bonds. The van der Waals surface area contributed by atoms with Gasteiger partial charge in [-0.15, -0.1) is 0 Å². The van der Waals surface area contributed by atoms with E-state index in [2.05, 4.69) is 17.4 Å². The molecule has 25 heavy (non-hydrogen) atoms. The molecular formula is C20H20N2O3. The second kappa shape index (κ2) is 7.77. The van der Waals surface area contributed by atoms with Gasteiger partial charge >= 0.3 is 0 Å². The summed E-state index contributed by atoms with van der Waals surface area (Å²) in [6.45, 7) is -0.230. The van der Waals surface area contributed by atoms with Crippen LogP contribution in [0.3, 0.4) is 0 Å². The second-order valence-electron chi connectivity index (χ2n) is 5.88. The van der Waals surface area contributed by atoms with E-state index in [-0.39, 0.29) is 18.8 Å². The number of carbonyl (C=O) groups excluding carboxylic acids is 2. The van der Waals surface area contributed by atoms with E-state index in [0.717, 1.165) is 23.4 Å². The van der Waals surface area contributed by atoms with Gasteiger partial charge in [-0.05, 0) is 36.1 Å². The highest BCUT2D eigenvalue weighted by Gasteiger charge is 2.30. The SMILES string of the molecule is O=C1C=C(Nc2ccc(CCc3ccccc3)cc2)C(=O)N1CCO. The van der Waals surface area contributed by atoms with Gasteiger partial charge in [-0.1, -0.05) is 42.5 Å². The largest absolute Gasteiger partial charge is 0.395 e. The molecule has 0 bridgehead atoms. The maximum Gasteiger partial charge on any atom is 0.277 e. The van der Waals surface area contributed by atoms with Crippen molar-refractivity contribution >= 4 is 17.5 Å². The number of aryl methyl sites for hydroxylation is 2. The number of carbonyl (C=O) groups is 2. The van der Waals surface area contributed by atoms with Crippen molar-refractivity contribution in [2.45, 2.75) is 12.8 Å². The fourth-order valence-electron chi connectivity index (χ4n) is 2.75. The van der Waals surface area contributed by atoms with Gasteiger partial charge in [0, 0.05) is 11.8 Å². The van der Waals surface area contributed by atoms with E-state index in [1.165, 1.54) is 17.2 Å². The molecule has 0 spiro atoms. The number of amides is 2. The van der Waals surface area contributed by atoms with Crippen LogP contribution in [0.2, 0.25) is 0 Å². The van der Waals surface area contributed by atoms with Crippen molar-refractivity contribution in [3.63, 3.8) is 0 Å². The van der Waals surface area contributed by atoms with Crippen LogP contribution in [0.25, 0.3) is 0 Å². The molecule has 0 saturated carbocycles. The molecule has 1 aliphatic heterocycles. The fraction of sp³-hybridized carbons (Fsp3) is 0.200. The van der Waals surface area contributed by atoms with Gasteiger partial charge in [0.1, 0.15) is 5.70 Å². The lowest BCUT2D eigenvalue weighted by atomic mass is 10.0. The normalized spacial score (nSPS) is 14.0. The average Bonchev–Trinajstić information content (AvgIpc) is 2.90. The Hall–Kier alpha value is -2.92. The maximum atomic E-state index is 12.1. The second-order valence-corrected chi connectivity index (χ2v) is 5.88. The van der Waals surface area contributed by atoms with E-state index < -0.39 is 11.8 Å². The van der Waals surface area contributed by atoms with Gasteiger partial charge in [0.2, 0.25) is 0 Å². The maximum absolute atomic E-state index is 12.1. The van der Waals surface area contributed by atoms with Crippen molar-refractivity contribution in [1.82, 2.24) is 4.90 Å². The Kier molecular flexibility index (Phi) is 5.26. The first-order chi connectivity index (χ1) is 12.2. The summed E-state index contributed by atoms with van der Waals surface area (Å²) in [5.74, 6) is -0.812. The quantitative estimate of drug-likeness (QED) is 0.760. The smallest absolute Gasteiger partial charge is 0.277 e. The van der Waals surface area contributed by atoms with Gasteiger partial charge in [-0.25, -0.2) is 0 Å². The minimum absolute atomic E-state index is 0.0117. The number of anilines is 1. The van der Waals surface area contributed by atoms with E-state index in [4.69, 9.17) is 5.11 Å². The zero-order valence-corrected chi connectivity index (χ0v) is 13.8. The predicted molar refractivity (Wildman–Crippen MR) is 95.8 cm³/mol. The highest BCUT2D eigenvalue weighted by atomic mass is 16.3. The molecule has 2 aromatic carbocycles. The number of imide groups is 1. The number of β-amino-alcohol motifs (C(OH)–C–C–N with tert-alkyl or cyclic N) is 1. The van der Waals surface area contributed by atoms with Gasteiger partial charge in [-0.3, -0.25) is 14.5 Å². The summed E-state index contributed by atoms with van der Waals surface area (Å²) in [4.78, 5) is 24.9. The molecule has 0 aromatic heterocycles. The Morgan fingerprint density at radius 3 is 2.16 bits per heavy atom. The first-order valence-corrected chi connectivity index (χ1v) is 8.25. The average molecular weight is 336 g/mol. The number of benzene rings is 2. The highest BCUT2D eigenvalue weighted by molar-refractivity contribution is 6.17. The van der Waals surface area contributed by atoms with Crippen LogP contribution in [0.15, 0.2) is 66.4 Å². The molecule has 1 aliphatic rings. The van der Waals surface area contributed by atoms with Crippen LogP contribution in [0.1, 0.15) is 11.1 Å². The van der Waals surface area contributed by atoms with Crippen LogP contribution in [0.4, 0.5) is 5.69 Å². The molecule has 2 N–H and O–H groups in total. The van der Waals surface area contributed by atoms with Crippen LogP contribution in [0.5, 0.6) is 0 Å². The van der Waals surface area contributed by atoms with Crippen LogP contribution < -0.4 is 5.32 Å². The zero-order chi connectivity index (χ0) is 17.6. The molecule has 0 saturated heterocycles. The van der Waals surface area contributed by atoms with E-state index in [0.29, 0.717) is 0 Å². The van der Waals surface area contributed by atoms with Crippen LogP contribution in [0, 0.1) is 0 Å². The Morgan fingerprint density at radius 2 is 1.52 bits per heavy atom. The number of nitrogens with zero attached hydrogens (tertiary/aromatic N) is 1. The first-order valence-electron chi connectivity index (χ1n) is 8.25. The van der Waals surface area contributed by atoms with E-state index in [9.17, 15) is 9.59 Å². The fourth-order valence-corrected chi connectivity index (χ4v) is 2.75. The molecule has 5 nitrogen and oxygen atoms in total. The van der Waals surface area contributed by atoms with Crippen molar-refractivity contribution in [2.75, 3.05) is 18.5 Å². The Balaban J connectivity index is 1.59. The third kappa shape index (κ3) is 4.14. The molecule has 0 unspecified atom stereocenters. The summed E-state index contributed by atoms with van der Waals surface area (Å²) in [6.07, 6.45) is 3.18. The van der Waals surface area contributed by atoms with E-state index >= 15 is 0 Å². The molecule has 0 aliphatic carbocycles. The minimum Gasteiger partial charge on any atom is -0.395 e. The number of hydrogen-bond acceptors (Lipinski definition) is 4. The standard InChI is InChI=1S/C20H20N2O3/c23-13-12-22-19(24)14-18(20(22)25)21-17-10-8-16(9-11-17)7-6-15-4-2-1-3-5-15/h1-5,8-11,14,21,23H,6-7,12-13H2. The first kappa shape index (κ1) is 16.9. The summed E-state index contributed by atoms with van der Waals surface area (Å²) >= 11 is 0. The summed E-state index contributed by atoms with van der Waals surface area (Å²) < 4.78 is 0. The number of nitrogens with one attached hydrogen (secondary N) is 1. The zero-order valence-electron chi connectivity index (χ0n) is 13.8. The van der Waals surface area contributed by atoms with Gasteiger partial charge < -0.3 is 10.4 Å². The summed E-state index contributed by atoms with van der Waals surface area (Å²) in [6, 6.07) is 18.1. The third-order valence-electron chi connectivity index (χ3n) is 4.11. The number of rotatable bonds is 7. The summed E-state index contributed by atoms with van der Waals surface area (Å²) in [5, 5.41) is 11.9. The summed E-state index contributed by atoms with van der Waals surface area (Å²) in [5.41, 5.74) is 3.49. The van der Waals surface area contributed by atoms with E-state index in [1.807, 2.05) is 42.5 Å². The number of aliphatic hydroxyl groups is 1. The Morgan fingerprint density at radius 1 is 0.880 bits per heavy atom. The lowest BCUT2D eigenvalue weighted by Crippen LogP contribution is -2.34. The van der Waals surface area contributed by atoms with Crippen molar-refractivity contribution in [3.8, 4) is 0 Å². The molecule has 128 valence electrons. The monoisotopic (exact) mass is 336 g/mol. The number of aliphatic hydroxyl groups excluding tert-OH is 1. The lowest BCUT2D eigenvalue weighted by Gasteiger charge is -2.13. The Bertz CT molecular complexity index is 782. The lowest BCUT2D eigenvalue weighted by molar-refractivity contribution is -0.137. The van der Waals surface area contributed by atoms with Gasteiger partial charge in [-0.2, -0.15) is 0 Å². The molecule has 2 aromatic rings. The van der Waals surface area contributed by atoms with Gasteiger partial charge in [0.15, 0.2) is 0 Å². The van der Waals surface area contributed by atoms with Crippen molar-refractivity contribution in [2.24, 2.45) is 0 Å². The molecule has 0 radical (unpaired) electrons. The summed E-state index contributed by atoms with van der Waals surface area (Å²) in [7, 11) is 0. The predicted octanol–water partition coefficient (Wildman–Crippen LogP) is 2.13. The Labute approximate surface area is 146 Å². The third-order valence-corrected chi connectivity index (χ3v) is 4.11. The van der Waals surface area contributed by atoms with Gasteiger partial charge in [0.05, 0.1) is 13.2 Å². The van der Waals surface area contributed by atoms with Crippen molar-refractivity contribution in [3.05, 3.63) is 77.5 Å². The van der Waals surface area contributed by atoms with Crippen molar-refractivity contribution in [1.29, 1.82) is 0 Å². The molecule has 3 rings (SSSR count). The van der Waals surface area contributed by atoms with Gasteiger partial charge in [0.25, 0.3) is 11.8 Å². The minimum atomic E-state index is -0.410. The van der Waals surface area contributed by atoms with Crippen LogP contribution in [-0.2, 0) is 22.4 Å². The molecule has 5 heteroatoms. The van der Waals surface area contributed by atoms with Crippen molar-refractivity contribution < 1.29 is 14.7 Å². The van der Waals surface area contributed by atoms with Crippen LogP contribution in [-0.4, -0.2) is 35.0 Å².